The van der Waals surface area contributed by atoms with Gasteiger partial charge in [0.15, 0.2) is 0 Å². The maximum atomic E-state index is 5.55. The third-order valence-corrected chi connectivity index (χ3v) is 2.19. The van der Waals surface area contributed by atoms with Crippen LogP contribution in [0.5, 0.6) is 0 Å². The first kappa shape index (κ1) is 26.8. The Hall–Kier alpha value is 0.350. The lowest BCUT2D eigenvalue weighted by molar-refractivity contribution is 0.191. The SMILES string of the molecule is CC.CC.CC.CN1CCCCC1CN.CPC. The van der Waals surface area contributed by atoms with E-state index in [2.05, 4.69) is 25.3 Å². The number of rotatable bonds is 1. The maximum Gasteiger partial charge on any atom is 0.0215 e. The maximum absolute atomic E-state index is 5.55. The van der Waals surface area contributed by atoms with Gasteiger partial charge in [0.05, 0.1) is 0 Å². The van der Waals surface area contributed by atoms with Crippen LogP contribution in [0.3, 0.4) is 0 Å². The molecule has 0 saturated carbocycles. The summed E-state index contributed by atoms with van der Waals surface area (Å²) in [5.41, 5.74) is 5.55. The van der Waals surface area contributed by atoms with Crippen molar-refractivity contribution < 1.29 is 0 Å². The quantitative estimate of drug-likeness (QED) is 0.720. The van der Waals surface area contributed by atoms with Crippen LogP contribution < -0.4 is 5.73 Å². The predicted molar refractivity (Wildman–Crippen MR) is 93.5 cm³/mol. The molecule has 1 atom stereocenters. The zero-order valence-electron chi connectivity index (χ0n) is 14.6. The van der Waals surface area contributed by atoms with Crippen molar-refractivity contribution in [3.63, 3.8) is 0 Å². The number of nitrogens with two attached hydrogens (primary N) is 1. The van der Waals surface area contributed by atoms with Crippen LogP contribution >= 0.6 is 8.58 Å². The highest BCUT2D eigenvalue weighted by molar-refractivity contribution is 7.35. The van der Waals surface area contributed by atoms with Crippen LogP contribution in [0.15, 0.2) is 0 Å². The fourth-order valence-corrected chi connectivity index (χ4v) is 1.44. The van der Waals surface area contributed by atoms with E-state index in [0.717, 1.165) is 15.1 Å². The van der Waals surface area contributed by atoms with Gasteiger partial charge in [0.25, 0.3) is 0 Å². The van der Waals surface area contributed by atoms with E-state index in [1.54, 1.807) is 0 Å². The minimum absolute atomic E-state index is 0.666. The molecule has 18 heavy (non-hydrogen) atoms. The summed E-state index contributed by atoms with van der Waals surface area (Å²) in [5, 5.41) is 0. The van der Waals surface area contributed by atoms with E-state index in [4.69, 9.17) is 5.73 Å². The molecule has 1 saturated heterocycles. The molecule has 1 fully saturated rings. The summed E-state index contributed by atoms with van der Waals surface area (Å²) in [4.78, 5) is 2.36. The van der Waals surface area contributed by atoms with Crippen LogP contribution in [0, 0.1) is 0 Å². The summed E-state index contributed by atoms with van der Waals surface area (Å²) in [6.07, 6.45) is 4.02. The molecule has 1 heterocycles. The summed E-state index contributed by atoms with van der Waals surface area (Å²) < 4.78 is 0. The molecular weight excluding hydrogens is 239 g/mol. The summed E-state index contributed by atoms with van der Waals surface area (Å²) in [5.74, 6) is 0. The van der Waals surface area contributed by atoms with Crippen molar-refractivity contribution in [3.05, 3.63) is 0 Å². The molecular formula is C15H41N2P. The summed E-state index contributed by atoms with van der Waals surface area (Å²) in [6.45, 7) is 18.4. The molecule has 0 bridgehead atoms. The fraction of sp³-hybridized carbons (Fsp3) is 1.00. The Morgan fingerprint density at radius 1 is 1.00 bits per heavy atom. The van der Waals surface area contributed by atoms with E-state index in [1.165, 1.54) is 25.8 Å². The van der Waals surface area contributed by atoms with Crippen LogP contribution in [0.4, 0.5) is 0 Å². The molecule has 1 aliphatic heterocycles. The van der Waals surface area contributed by atoms with Crippen LogP contribution in [0.2, 0.25) is 0 Å². The molecule has 2 nitrogen and oxygen atoms in total. The molecule has 3 heteroatoms. The second-order valence-corrected chi connectivity index (χ2v) is 4.37. The first-order valence-electron chi connectivity index (χ1n) is 7.75. The normalized spacial score (nSPS) is 17.3. The lowest BCUT2D eigenvalue weighted by Gasteiger charge is -2.31. The average Bonchev–Trinajstić information content (AvgIpc) is 2.47. The van der Waals surface area contributed by atoms with Gasteiger partial charge in [0, 0.05) is 12.6 Å². The molecule has 1 unspecified atom stereocenters. The number of likely N-dealkylation sites (tertiary alicyclic amines) is 1. The van der Waals surface area contributed by atoms with E-state index in [9.17, 15) is 0 Å². The van der Waals surface area contributed by atoms with Crippen molar-refractivity contribution in [2.24, 2.45) is 5.73 Å². The van der Waals surface area contributed by atoms with Gasteiger partial charge in [-0.15, -0.1) is 8.58 Å². The van der Waals surface area contributed by atoms with Crippen molar-refractivity contribution in [1.29, 1.82) is 0 Å². The van der Waals surface area contributed by atoms with Crippen LogP contribution in [0.1, 0.15) is 60.8 Å². The molecule has 0 aromatic carbocycles. The van der Waals surface area contributed by atoms with E-state index in [1.807, 2.05) is 41.5 Å². The monoisotopic (exact) mass is 280 g/mol. The largest absolute Gasteiger partial charge is 0.329 e. The third-order valence-electron chi connectivity index (χ3n) is 2.19. The topological polar surface area (TPSA) is 29.3 Å². The minimum atomic E-state index is 0.666. The average molecular weight is 280 g/mol. The first-order chi connectivity index (χ1) is 8.76. The van der Waals surface area contributed by atoms with Crippen LogP contribution in [-0.2, 0) is 0 Å². The van der Waals surface area contributed by atoms with Gasteiger partial charge in [-0.05, 0) is 39.8 Å². The second-order valence-electron chi connectivity index (χ2n) is 3.37. The van der Waals surface area contributed by atoms with Crippen LogP contribution in [-0.4, -0.2) is 44.4 Å². The fourth-order valence-electron chi connectivity index (χ4n) is 1.44. The van der Waals surface area contributed by atoms with Gasteiger partial charge < -0.3 is 10.6 Å². The number of likely N-dealkylation sites (N-methyl/N-ethyl adjacent to an activating group) is 1. The lowest BCUT2D eigenvalue weighted by atomic mass is 10.0. The van der Waals surface area contributed by atoms with E-state index < -0.39 is 0 Å². The summed E-state index contributed by atoms with van der Waals surface area (Å²) >= 11 is 0. The molecule has 1 aliphatic rings. The molecule has 0 aromatic heterocycles. The highest BCUT2D eigenvalue weighted by Crippen LogP contribution is 2.12. The van der Waals surface area contributed by atoms with Crippen molar-refractivity contribution >= 4 is 8.58 Å². The highest BCUT2D eigenvalue weighted by atomic mass is 31.1. The first-order valence-corrected chi connectivity index (χ1v) is 9.75. The number of nitrogens with zero attached hydrogens (tertiary/aromatic N) is 1. The molecule has 0 aromatic rings. The van der Waals surface area contributed by atoms with Gasteiger partial charge in [0.1, 0.15) is 0 Å². The Morgan fingerprint density at radius 2 is 1.39 bits per heavy atom. The second kappa shape index (κ2) is 30.4. The Bertz CT molecular complexity index is 100. The highest BCUT2D eigenvalue weighted by Gasteiger charge is 2.15. The number of hydrogen-bond acceptors (Lipinski definition) is 2. The molecule has 0 amide bonds. The van der Waals surface area contributed by atoms with Gasteiger partial charge >= 0.3 is 0 Å². The number of hydrogen-bond donors (Lipinski definition) is 1. The lowest BCUT2D eigenvalue weighted by Crippen LogP contribution is -2.41. The van der Waals surface area contributed by atoms with Gasteiger partial charge in [0.2, 0.25) is 0 Å². The van der Waals surface area contributed by atoms with Gasteiger partial charge in [-0.25, -0.2) is 0 Å². The van der Waals surface area contributed by atoms with Crippen LogP contribution in [0.25, 0.3) is 0 Å². The van der Waals surface area contributed by atoms with Gasteiger partial charge in [-0.3, -0.25) is 0 Å². The third kappa shape index (κ3) is 21.6. The Kier molecular flexibility index (Phi) is 45.3. The van der Waals surface area contributed by atoms with Crippen molar-refractivity contribution in [2.45, 2.75) is 66.8 Å². The molecule has 2 N–H and O–H groups in total. The smallest absolute Gasteiger partial charge is 0.0215 e. The number of piperidine rings is 1. The van der Waals surface area contributed by atoms with Crippen molar-refractivity contribution in [1.82, 2.24) is 4.90 Å². The standard InChI is InChI=1S/C7H16N2.C2H7P.3C2H6/c1-9-5-3-2-4-7(9)6-8;1-3-2;3*1-2/h7H,2-6,8H2,1H3;3H,1-2H3;3*1-2H3. The van der Waals surface area contributed by atoms with E-state index in [-0.39, 0.29) is 0 Å². The van der Waals surface area contributed by atoms with Gasteiger partial charge in [-0.1, -0.05) is 48.0 Å². The zero-order chi connectivity index (χ0) is 15.4. The van der Waals surface area contributed by atoms with Crippen molar-refractivity contribution in [2.75, 3.05) is 33.5 Å². The molecule has 0 radical (unpaired) electrons. The molecule has 0 aliphatic carbocycles. The molecule has 0 spiro atoms. The van der Waals surface area contributed by atoms with E-state index in [0.29, 0.717) is 6.04 Å². The zero-order valence-corrected chi connectivity index (χ0v) is 15.6. The predicted octanol–water partition coefficient (Wildman–Crippen LogP) is 4.43. The van der Waals surface area contributed by atoms with Gasteiger partial charge in [-0.2, -0.15) is 0 Å². The van der Waals surface area contributed by atoms with Crippen molar-refractivity contribution in [3.8, 4) is 0 Å². The molecule has 116 valence electrons. The van der Waals surface area contributed by atoms with E-state index >= 15 is 0 Å². The summed E-state index contributed by atoms with van der Waals surface area (Å²) in [7, 11) is 3.25. The Morgan fingerprint density at radius 3 is 1.61 bits per heavy atom. The minimum Gasteiger partial charge on any atom is -0.329 e. The Balaban J connectivity index is -0.0000000925. The molecule has 1 rings (SSSR count). The summed E-state index contributed by atoms with van der Waals surface area (Å²) in [6, 6.07) is 0.666. The Labute approximate surface area is 120 Å².